The maximum atomic E-state index is 12.7. The zero-order chi connectivity index (χ0) is 21.6. The molecule has 2 heterocycles. The molecule has 1 aliphatic rings. The van der Waals surface area contributed by atoms with Gasteiger partial charge in [-0.3, -0.25) is 4.99 Å². The molecule has 0 amide bonds. The molecule has 1 fully saturated rings. The van der Waals surface area contributed by atoms with Gasteiger partial charge in [-0.25, -0.2) is 13.4 Å². The summed E-state index contributed by atoms with van der Waals surface area (Å²) in [5.41, 5.74) is 1.11. The van der Waals surface area contributed by atoms with Crippen molar-refractivity contribution in [1.29, 1.82) is 0 Å². The SMILES string of the molecule is CN=C(NCCc1nc(C)c(C)s1)NCC1CCN(S(=O)(=O)c2ccccc2)CC1.I. The van der Waals surface area contributed by atoms with Crippen LogP contribution in [-0.2, 0) is 16.4 Å². The van der Waals surface area contributed by atoms with E-state index in [1.54, 1.807) is 47.0 Å². The molecular formula is C21H32IN5O2S2. The van der Waals surface area contributed by atoms with Gasteiger partial charge < -0.3 is 10.6 Å². The van der Waals surface area contributed by atoms with Gasteiger partial charge in [-0.05, 0) is 44.7 Å². The summed E-state index contributed by atoms with van der Waals surface area (Å²) in [4.78, 5) is 10.5. The highest BCUT2D eigenvalue weighted by Gasteiger charge is 2.29. The quantitative estimate of drug-likeness (QED) is 0.300. The monoisotopic (exact) mass is 577 g/mol. The Morgan fingerprint density at radius 3 is 2.45 bits per heavy atom. The number of piperidine rings is 1. The number of hydrogen-bond donors (Lipinski definition) is 2. The zero-order valence-electron chi connectivity index (χ0n) is 18.3. The third-order valence-electron chi connectivity index (χ3n) is 5.44. The van der Waals surface area contributed by atoms with Gasteiger partial charge in [-0.15, -0.1) is 35.3 Å². The van der Waals surface area contributed by atoms with Crippen molar-refractivity contribution in [3.05, 3.63) is 45.9 Å². The smallest absolute Gasteiger partial charge is 0.243 e. The van der Waals surface area contributed by atoms with Gasteiger partial charge >= 0.3 is 0 Å². The summed E-state index contributed by atoms with van der Waals surface area (Å²) in [6.07, 6.45) is 2.55. The fraction of sp³-hybridized carbons (Fsp3) is 0.524. The van der Waals surface area contributed by atoms with E-state index in [-0.39, 0.29) is 24.0 Å². The van der Waals surface area contributed by atoms with Gasteiger partial charge in [0.2, 0.25) is 10.0 Å². The summed E-state index contributed by atoms with van der Waals surface area (Å²) in [7, 11) is -1.62. The summed E-state index contributed by atoms with van der Waals surface area (Å²) in [6, 6.07) is 8.68. The van der Waals surface area contributed by atoms with Gasteiger partial charge in [0.15, 0.2) is 5.96 Å². The number of hydrogen-bond acceptors (Lipinski definition) is 5. The van der Waals surface area contributed by atoms with Crippen LogP contribution in [0.15, 0.2) is 40.2 Å². The minimum Gasteiger partial charge on any atom is -0.356 e. The Balaban J connectivity index is 0.00000341. The molecule has 2 aromatic rings. The Morgan fingerprint density at radius 1 is 1.19 bits per heavy atom. The number of nitrogens with zero attached hydrogens (tertiary/aromatic N) is 3. The number of halogens is 1. The summed E-state index contributed by atoms with van der Waals surface area (Å²) in [5, 5.41) is 7.86. The van der Waals surface area contributed by atoms with E-state index in [2.05, 4.69) is 27.5 Å². The van der Waals surface area contributed by atoms with Crippen molar-refractivity contribution >= 4 is 51.3 Å². The number of aryl methyl sites for hydroxylation is 2. The van der Waals surface area contributed by atoms with Gasteiger partial charge in [-0.1, -0.05) is 18.2 Å². The van der Waals surface area contributed by atoms with E-state index in [4.69, 9.17) is 0 Å². The number of nitrogens with one attached hydrogen (secondary N) is 2. The Labute approximate surface area is 206 Å². The maximum absolute atomic E-state index is 12.7. The van der Waals surface area contributed by atoms with Gasteiger partial charge in [0, 0.05) is 44.5 Å². The first kappa shape index (κ1) is 26.0. The first-order valence-corrected chi connectivity index (χ1v) is 12.6. The molecule has 0 bridgehead atoms. The number of guanidine groups is 1. The van der Waals surface area contributed by atoms with Crippen LogP contribution in [0.5, 0.6) is 0 Å². The summed E-state index contributed by atoms with van der Waals surface area (Å²) < 4.78 is 27.1. The second kappa shape index (κ2) is 12.1. The highest BCUT2D eigenvalue weighted by atomic mass is 127. The van der Waals surface area contributed by atoms with E-state index in [0.717, 1.165) is 49.0 Å². The number of sulfonamides is 1. The molecule has 2 N–H and O–H groups in total. The van der Waals surface area contributed by atoms with Crippen LogP contribution >= 0.6 is 35.3 Å². The molecule has 0 spiro atoms. The Bertz CT molecular complexity index is 936. The van der Waals surface area contributed by atoms with Crippen molar-refractivity contribution in [2.24, 2.45) is 10.9 Å². The third kappa shape index (κ3) is 7.13. The first-order valence-electron chi connectivity index (χ1n) is 10.3. The molecule has 1 saturated heterocycles. The molecule has 0 atom stereocenters. The normalized spacial score (nSPS) is 16.0. The molecule has 0 radical (unpaired) electrons. The molecule has 1 aromatic carbocycles. The lowest BCUT2D eigenvalue weighted by Gasteiger charge is -2.31. The van der Waals surface area contributed by atoms with Crippen LogP contribution in [0.3, 0.4) is 0 Å². The van der Waals surface area contributed by atoms with Gasteiger partial charge in [-0.2, -0.15) is 4.31 Å². The number of aromatic nitrogens is 1. The second-order valence-electron chi connectivity index (χ2n) is 7.54. The molecule has 10 heteroatoms. The van der Waals surface area contributed by atoms with Crippen molar-refractivity contribution in [3.8, 4) is 0 Å². The molecule has 7 nitrogen and oxygen atoms in total. The van der Waals surface area contributed by atoms with Crippen molar-refractivity contribution < 1.29 is 8.42 Å². The molecule has 31 heavy (non-hydrogen) atoms. The van der Waals surface area contributed by atoms with Crippen molar-refractivity contribution in [2.75, 3.05) is 33.2 Å². The predicted molar refractivity (Wildman–Crippen MR) is 138 cm³/mol. The van der Waals surface area contributed by atoms with Crippen LogP contribution in [-0.4, -0.2) is 56.9 Å². The lowest BCUT2D eigenvalue weighted by Crippen LogP contribution is -2.44. The first-order chi connectivity index (χ1) is 14.4. The largest absolute Gasteiger partial charge is 0.356 e. The average Bonchev–Trinajstić information content (AvgIpc) is 3.08. The van der Waals surface area contributed by atoms with E-state index in [0.29, 0.717) is 23.9 Å². The van der Waals surface area contributed by atoms with Crippen molar-refractivity contribution in [1.82, 2.24) is 19.9 Å². The van der Waals surface area contributed by atoms with E-state index in [1.165, 1.54) is 4.88 Å². The van der Waals surface area contributed by atoms with E-state index in [1.807, 2.05) is 13.0 Å². The van der Waals surface area contributed by atoms with Crippen molar-refractivity contribution in [2.45, 2.75) is 38.0 Å². The highest BCUT2D eigenvalue weighted by molar-refractivity contribution is 14.0. The lowest BCUT2D eigenvalue weighted by molar-refractivity contribution is 0.273. The minimum absolute atomic E-state index is 0. The molecule has 0 aliphatic carbocycles. The standard InChI is InChI=1S/C21H31N5O2S2.HI/c1-16-17(2)29-20(25-16)9-12-23-21(22-3)24-15-18-10-13-26(14-11-18)30(27,28)19-7-5-4-6-8-19;/h4-8,18H,9-15H2,1-3H3,(H2,22,23,24);1H. The van der Waals surface area contributed by atoms with E-state index >= 15 is 0 Å². The van der Waals surface area contributed by atoms with Crippen LogP contribution < -0.4 is 10.6 Å². The van der Waals surface area contributed by atoms with Crippen LogP contribution in [0.1, 0.15) is 28.4 Å². The zero-order valence-corrected chi connectivity index (χ0v) is 22.3. The molecule has 0 unspecified atom stereocenters. The molecule has 3 rings (SSSR count). The van der Waals surface area contributed by atoms with E-state index < -0.39 is 10.0 Å². The van der Waals surface area contributed by atoms with Crippen LogP contribution in [0.25, 0.3) is 0 Å². The van der Waals surface area contributed by atoms with Gasteiger partial charge in [0.25, 0.3) is 0 Å². The third-order valence-corrected chi connectivity index (χ3v) is 8.49. The Kier molecular flexibility index (Phi) is 10.2. The summed E-state index contributed by atoms with van der Waals surface area (Å²) in [6.45, 7) is 6.81. The van der Waals surface area contributed by atoms with Crippen molar-refractivity contribution in [3.63, 3.8) is 0 Å². The fourth-order valence-corrected chi connectivity index (χ4v) is 5.92. The minimum atomic E-state index is -3.39. The van der Waals surface area contributed by atoms with E-state index in [9.17, 15) is 8.42 Å². The molecular weight excluding hydrogens is 545 g/mol. The molecule has 172 valence electrons. The van der Waals surface area contributed by atoms with Gasteiger partial charge in [0.05, 0.1) is 15.6 Å². The molecule has 1 aromatic heterocycles. The number of aliphatic imine (C=N–C) groups is 1. The highest BCUT2D eigenvalue weighted by Crippen LogP contribution is 2.23. The summed E-state index contributed by atoms with van der Waals surface area (Å²) >= 11 is 1.75. The number of rotatable bonds is 7. The fourth-order valence-electron chi connectivity index (χ4n) is 3.49. The van der Waals surface area contributed by atoms with Crippen LogP contribution in [0, 0.1) is 19.8 Å². The van der Waals surface area contributed by atoms with Crippen LogP contribution in [0.4, 0.5) is 0 Å². The summed E-state index contributed by atoms with van der Waals surface area (Å²) in [5.74, 6) is 1.20. The number of benzene rings is 1. The number of thiazole rings is 1. The average molecular weight is 578 g/mol. The van der Waals surface area contributed by atoms with Gasteiger partial charge in [0.1, 0.15) is 0 Å². The second-order valence-corrected chi connectivity index (χ2v) is 10.8. The lowest BCUT2D eigenvalue weighted by atomic mass is 9.98. The van der Waals surface area contributed by atoms with Crippen LogP contribution in [0.2, 0.25) is 0 Å². The molecule has 1 aliphatic heterocycles. The maximum Gasteiger partial charge on any atom is 0.243 e. The predicted octanol–water partition coefficient (Wildman–Crippen LogP) is 3.19. The topological polar surface area (TPSA) is 86.7 Å². The molecule has 0 saturated carbocycles. The Hall–Kier alpha value is -1.24. The Morgan fingerprint density at radius 2 is 1.87 bits per heavy atom.